The lowest BCUT2D eigenvalue weighted by molar-refractivity contribution is -0.384. The second-order valence-corrected chi connectivity index (χ2v) is 7.01. The quantitative estimate of drug-likeness (QED) is 0.363. The van der Waals surface area contributed by atoms with Gasteiger partial charge in [0.15, 0.2) is 0 Å². The standard InChI is InChI=1S/C17H14N2O4/c20-15-13-11-5-6-12(17(11)7-8-17)14(13)16(21)18(15)9-1-3-10(4-2-9)19(22)23/h1-6,11-14H,7-8H2/t11-,12-,13-,14+/m1/s1. The molecule has 1 spiro atoms. The van der Waals surface area contributed by atoms with Crippen molar-refractivity contribution in [2.75, 3.05) is 4.90 Å². The van der Waals surface area contributed by atoms with Gasteiger partial charge < -0.3 is 0 Å². The van der Waals surface area contributed by atoms with E-state index < -0.39 is 4.92 Å². The van der Waals surface area contributed by atoms with Crippen LogP contribution in [0.25, 0.3) is 0 Å². The van der Waals surface area contributed by atoms with Crippen LogP contribution in [-0.2, 0) is 9.59 Å². The fourth-order valence-electron chi connectivity index (χ4n) is 5.06. The number of nitro groups is 1. The molecule has 1 aromatic rings. The van der Waals surface area contributed by atoms with Crippen molar-refractivity contribution < 1.29 is 14.5 Å². The van der Waals surface area contributed by atoms with Crippen LogP contribution in [-0.4, -0.2) is 16.7 Å². The molecule has 116 valence electrons. The number of nitro benzene ring substituents is 1. The Bertz CT molecular complexity index is 759. The number of anilines is 1. The summed E-state index contributed by atoms with van der Waals surface area (Å²) in [6.45, 7) is 0. The molecule has 0 aromatic heterocycles. The van der Waals surface area contributed by atoms with E-state index in [0.29, 0.717) is 5.69 Å². The molecular formula is C17H14N2O4. The minimum absolute atomic E-state index is 0.0493. The molecule has 2 amide bonds. The molecule has 3 aliphatic carbocycles. The number of nitrogens with zero attached hydrogens (tertiary/aromatic N) is 2. The zero-order valence-corrected chi connectivity index (χ0v) is 12.2. The van der Waals surface area contributed by atoms with E-state index >= 15 is 0 Å². The third-order valence-corrected chi connectivity index (χ3v) is 6.17. The van der Waals surface area contributed by atoms with Gasteiger partial charge >= 0.3 is 0 Å². The van der Waals surface area contributed by atoms with E-state index in [0.717, 1.165) is 12.8 Å². The number of hydrogen-bond donors (Lipinski definition) is 0. The summed E-state index contributed by atoms with van der Waals surface area (Å²) in [5.74, 6) is -0.381. The van der Waals surface area contributed by atoms with Crippen LogP contribution in [0.4, 0.5) is 11.4 Å². The van der Waals surface area contributed by atoms with Gasteiger partial charge in [0.1, 0.15) is 0 Å². The van der Waals surface area contributed by atoms with E-state index in [1.54, 1.807) is 0 Å². The summed E-state index contributed by atoms with van der Waals surface area (Å²) in [7, 11) is 0. The van der Waals surface area contributed by atoms with Crippen molar-refractivity contribution in [2.45, 2.75) is 12.8 Å². The van der Waals surface area contributed by atoms with E-state index in [1.807, 2.05) is 0 Å². The van der Waals surface area contributed by atoms with Gasteiger partial charge in [-0.1, -0.05) is 12.2 Å². The maximum absolute atomic E-state index is 12.9. The van der Waals surface area contributed by atoms with Gasteiger partial charge in [0.2, 0.25) is 11.8 Å². The largest absolute Gasteiger partial charge is 0.274 e. The van der Waals surface area contributed by atoms with E-state index in [2.05, 4.69) is 12.2 Å². The highest BCUT2D eigenvalue weighted by Gasteiger charge is 2.73. The highest BCUT2D eigenvalue weighted by atomic mass is 16.6. The molecule has 5 rings (SSSR count). The monoisotopic (exact) mass is 310 g/mol. The SMILES string of the molecule is O=C1[C@@H]2[C@H](C(=O)N1c1ccc([N+](=O)[O-])cc1)[C@H]1C=C[C@H]2C12CC2. The molecule has 0 N–H and O–H groups in total. The number of carbonyl (C=O) groups excluding carboxylic acids is 2. The van der Waals surface area contributed by atoms with Crippen LogP contribution >= 0.6 is 0 Å². The first-order chi connectivity index (χ1) is 11.0. The summed E-state index contributed by atoms with van der Waals surface area (Å²) in [6, 6.07) is 5.63. The third-order valence-electron chi connectivity index (χ3n) is 6.17. The van der Waals surface area contributed by atoms with Gasteiger partial charge in [0.05, 0.1) is 22.4 Å². The number of benzene rings is 1. The van der Waals surface area contributed by atoms with Crippen molar-refractivity contribution in [1.29, 1.82) is 0 Å². The minimum atomic E-state index is -0.493. The Balaban J connectivity index is 1.52. The number of hydrogen-bond acceptors (Lipinski definition) is 4. The van der Waals surface area contributed by atoms with Crippen LogP contribution in [0.15, 0.2) is 36.4 Å². The first-order valence-electron chi connectivity index (χ1n) is 7.85. The number of allylic oxidation sites excluding steroid dienone is 2. The van der Waals surface area contributed by atoms with E-state index in [1.165, 1.54) is 29.2 Å². The van der Waals surface area contributed by atoms with Crippen molar-refractivity contribution >= 4 is 23.2 Å². The lowest BCUT2D eigenvalue weighted by Crippen LogP contribution is -2.34. The maximum Gasteiger partial charge on any atom is 0.269 e. The number of rotatable bonds is 2. The molecule has 0 radical (unpaired) electrons. The fraction of sp³-hybridized carbons (Fsp3) is 0.412. The summed E-state index contributed by atoms with van der Waals surface area (Å²) in [5, 5.41) is 10.7. The maximum atomic E-state index is 12.9. The molecule has 2 bridgehead atoms. The molecule has 6 nitrogen and oxygen atoms in total. The van der Waals surface area contributed by atoms with Crippen molar-refractivity contribution in [3.63, 3.8) is 0 Å². The molecule has 1 aromatic carbocycles. The Morgan fingerprint density at radius 2 is 1.52 bits per heavy atom. The molecule has 0 unspecified atom stereocenters. The normalized spacial score (nSPS) is 35.2. The van der Waals surface area contributed by atoms with Gasteiger partial charge in [-0.15, -0.1) is 0 Å². The molecule has 1 saturated heterocycles. The van der Waals surface area contributed by atoms with Gasteiger partial charge in [-0.25, -0.2) is 0 Å². The Labute approximate surface area is 131 Å². The zero-order chi connectivity index (χ0) is 15.9. The van der Waals surface area contributed by atoms with Crippen LogP contribution in [0.2, 0.25) is 0 Å². The van der Waals surface area contributed by atoms with Crippen molar-refractivity contribution in [3.8, 4) is 0 Å². The van der Waals surface area contributed by atoms with Gasteiger partial charge in [0.25, 0.3) is 5.69 Å². The first-order valence-corrected chi connectivity index (χ1v) is 7.85. The third kappa shape index (κ3) is 1.39. The molecule has 4 atom stereocenters. The molecule has 2 saturated carbocycles. The molecule has 1 aliphatic heterocycles. The Morgan fingerprint density at radius 3 is 1.96 bits per heavy atom. The second kappa shape index (κ2) is 3.88. The molecule has 6 heteroatoms. The molecule has 4 aliphatic rings. The molecule has 23 heavy (non-hydrogen) atoms. The predicted molar refractivity (Wildman–Crippen MR) is 80.4 cm³/mol. The topological polar surface area (TPSA) is 80.5 Å². The van der Waals surface area contributed by atoms with Crippen LogP contribution < -0.4 is 4.90 Å². The highest BCUT2D eigenvalue weighted by Crippen LogP contribution is 2.73. The lowest BCUT2D eigenvalue weighted by Gasteiger charge is -2.21. The number of amides is 2. The van der Waals surface area contributed by atoms with Crippen LogP contribution in [0, 0.1) is 39.2 Å². The number of fused-ring (bicyclic) bond motifs is 3. The van der Waals surface area contributed by atoms with Crippen molar-refractivity contribution in [3.05, 3.63) is 46.5 Å². The fourth-order valence-corrected chi connectivity index (χ4v) is 5.06. The van der Waals surface area contributed by atoms with Crippen molar-refractivity contribution in [1.82, 2.24) is 0 Å². The van der Waals surface area contributed by atoms with Crippen molar-refractivity contribution in [2.24, 2.45) is 29.1 Å². The average molecular weight is 310 g/mol. The lowest BCUT2D eigenvalue weighted by atomic mass is 9.85. The number of imide groups is 1. The summed E-state index contributed by atoms with van der Waals surface area (Å²) >= 11 is 0. The highest BCUT2D eigenvalue weighted by molar-refractivity contribution is 6.23. The average Bonchev–Trinajstić information content (AvgIpc) is 3.13. The van der Waals surface area contributed by atoms with E-state index in [-0.39, 0.29) is 46.6 Å². The van der Waals surface area contributed by atoms with E-state index in [4.69, 9.17) is 0 Å². The summed E-state index contributed by atoms with van der Waals surface area (Å²) < 4.78 is 0. The van der Waals surface area contributed by atoms with Crippen LogP contribution in [0.5, 0.6) is 0 Å². The second-order valence-electron chi connectivity index (χ2n) is 7.01. The predicted octanol–water partition coefficient (Wildman–Crippen LogP) is 2.30. The smallest absolute Gasteiger partial charge is 0.269 e. The van der Waals surface area contributed by atoms with Crippen LogP contribution in [0.3, 0.4) is 0 Å². The Kier molecular flexibility index (Phi) is 2.19. The molecule has 1 heterocycles. The molecule has 3 fully saturated rings. The summed E-state index contributed by atoms with van der Waals surface area (Å²) in [6.07, 6.45) is 6.48. The summed E-state index contributed by atoms with van der Waals surface area (Å²) in [5.41, 5.74) is 0.568. The minimum Gasteiger partial charge on any atom is -0.274 e. The van der Waals surface area contributed by atoms with Gasteiger partial charge in [-0.3, -0.25) is 24.6 Å². The van der Waals surface area contributed by atoms with E-state index in [9.17, 15) is 19.7 Å². The van der Waals surface area contributed by atoms with Gasteiger partial charge in [-0.05, 0) is 42.2 Å². The summed E-state index contributed by atoms with van der Waals surface area (Å²) in [4.78, 5) is 37.2. The van der Waals surface area contributed by atoms with Gasteiger partial charge in [0, 0.05) is 12.1 Å². The Morgan fingerprint density at radius 1 is 1.00 bits per heavy atom. The Hall–Kier alpha value is -2.50. The number of non-ortho nitro benzene ring substituents is 1. The zero-order valence-electron chi connectivity index (χ0n) is 12.2. The van der Waals surface area contributed by atoms with Crippen LogP contribution in [0.1, 0.15) is 12.8 Å². The van der Waals surface area contributed by atoms with Gasteiger partial charge in [-0.2, -0.15) is 0 Å². The molecular weight excluding hydrogens is 296 g/mol. The first kappa shape index (κ1) is 13.0. The number of carbonyl (C=O) groups is 2.